The van der Waals surface area contributed by atoms with Crippen molar-refractivity contribution in [2.75, 3.05) is 38.8 Å². The number of anilines is 1. The van der Waals surface area contributed by atoms with Gasteiger partial charge in [-0.3, -0.25) is 4.79 Å². The normalized spacial score (nSPS) is 10.7. The molecule has 0 aliphatic rings. The van der Waals surface area contributed by atoms with Gasteiger partial charge in [-0.05, 0) is 79.6 Å². The van der Waals surface area contributed by atoms with Crippen molar-refractivity contribution in [1.29, 1.82) is 0 Å². The fourth-order valence-electron chi connectivity index (χ4n) is 5.25. The highest BCUT2D eigenvalue weighted by Crippen LogP contribution is 2.25. The number of carbonyl (C=O) groups is 3. The number of unbranched alkanes of at least 4 members (excludes halogenated alkanes) is 5. The highest BCUT2D eigenvalue weighted by molar-refractivity contribution is 5.99. The highest BCUT2D eigenvalue weighted by Gasteiger charge is 2.20. The van der Waals surface area contributed by atoms with Crippen molar-refractivity contribution in [3.63, 3.8) is 0 Å². The molecule has 1 heterocycles. The van der Waals surface area contributed by atoms with Crippen molar-refractivity contribution < 1.29 is 37.9 Å². The average molecular weight is 682 g/mol. The fourth-order valence-corrected chi connectivity index (χ4v) is 5.25. The summed E-state index contributed by atoms with van der Waals surface area (Å²) in [4.78, 5) is 41.1. The minimum absolute atomic E-state index is 0.0501. The number of benzene rings is 3. The number of hydrogen-bond acceptors (Lipinski definition) is 8. The largest absolute Gasteiger partial charge is 0.494 e. The third kappa shape index (κ3) is 11.8. The quantitative estimate of drug-likeness (QED) is 0.0308. The Morgan fingerprint density at radius 1 is 0.680 bits per heavy atom. The van der Waals surface area contributed by atoms with Crippen LogP contribution in [-0.2, 0) is 17.7 Å². The first-order valence-electron chi connectivity index (χ1n) is 17.4. The van der Waals surface area contributed by atoms with Crippen LogP contribution >= 0.6 is 0 Å². The lowest BCUT2D eigenvalue weighted by atomic mass is 10.0. The van der Waals surface area contributed by atoms with E-state index in [1.54, 1.807) is 67.6 Å². The van der Waals surface area contributed by atoms with E-state index in [0.717, 1.165) is 24.3 Å². The van der Waals surface area contributed by atoms with Crippen LogP contribution in [0.5, 0.6) is 17.2 Å². The average Bonchev–Trinajstić information content (AvgIpc) is 3.12. The minimum atomic E-state index is -0.644. The molecule has 0 saturated carbocycles. The molecule has 4 aromatic rings. The van der Waals surface area contributed by atoms with Gasteiger partial charge >= 0.3 is 11.9 Å². The maximum Gasteiger partial charge on any atom is 0.343 e. The lowest BCUT2D eigenvalue weighted by molar-refractivity contribution is -0.697. The predicted molar refractivity (Wildman–Crippen MR) is 194 cm³/mol. The number of ketones is 1. The Morgan fingerprint density at radius 3 is 1.94 bits per heavy atom. The van der Waals surface area contributed by atoms with Crippen molar-refractivity contribution in [2.24, 2.45) is 0 Å². The third-order valence-corrected chi connectivity index (χ3v) is 8.15. The molecule has 50 heavy (non-hydrogen) atoms. The van der Waals surface area contributed by atoms with Crippen LogP contribution in [0.2, 0.25) is 0 Å². The Kier molecular flexibility index (Phi) is 14.8. The summed E-state index contributed by atoms with van der Waals surface area (Å²) in [6.45, 7) is 5.81. The van der Waals surface area contributed by atoms with Gasteiger partial charge in [-0.1, -0.05) is 45.1 Å². The summed E-state index contributed by atoms with van der Waals surface area (Å²) in [5, 5.41) is 0. The zero-order chi connectivity index (χ0) is 35.7. The number of nitrogens with zero attached hydrogens (tertiary/aromatic N) is 2. The molecule has 0 spiro atoms. The third-order valence-electron chi connectivity index (χ3n) is 8.15. The molecular formula is C41H49N2O7+. The fraction of sp³-hybridized carbons (Fsp3) is 0.366. The predicted octanol–water partition coefficient (Wildman–Crippen LogP) is 7.68. The molecule has 4 rings (SSSR count). The molecule has 0 fully saturated rings. The van der Waals surface area contributed by atoms with Gasteiger partial charge in [-0.25, -0.2) is 14.2 Å². The molecule has 1 aromatic heterocycles. The van der Waals surface area contributed by atoms with E-state index in [4.69, 9.17) is 18.9 Å². The number of hydrogen-bond donors (Lipinski definition) is 0. The Balaban J connectivity index is 1.31. The molecule has 0 aliphatic heterocycles. The van der Waals surface area contributed by atoms with Crippen molar-refractivity contribution in [3.05, 3.63) is 114 Å². The van der Waals surface area contributed by atoms with Gasteiger partial charge in [0.25, 0.3) is 0 Å². The van der Waals surface area contributed by atoms with Gasteiger partial charge in [0, 0.05) is 43.9 Å². The summed E-state index contributed by atoms with van der Waals surface area (Å²) in [6, 6.07) is 22.5. The second-order valence-electron chi connectivity index (χ2n) is 12.2. The molecule has 264 valence electrons. The van der Waals surface area contributed by atoms with Crippen molar-refractivity contribution in [1.82, 2.24) is 0 Å². The zero-order valence-corrected chi connectivity index (χ0v) is 29.7. The molecular weight excluding hydrogens is 632 g/mol. The number of esters is 2. The molecule has 0 N–H and O–H groups in total. The van der Waals surface area contributed by atoms with Crippen LogP contribution in [0.4, 0.5) is 5.69 Å². The summed E-state index contributed by atoms with van der Waals surface area (Å²) in [5.74, 6) is -0.00209. The number of Topliss-reactive ketones (excluding diaryl/α,β-unsaturated/α-hetero) is 1. The lowest BCUT2D eigenvalue weighted by Crippen LogP contribution is -2.35. The van der Waals surface area contributed by atoms with E-state index >= 15 is 0 Å². The molecule has 0 atom stereocenters. The molecule has 3 aromatic carbocycles. The van der Waals surface area contributed by atoms with E-state index in [2.05, 4.69) is 6.92 Å². The molecule has 0 bridgehead atoms. The van der Waals surface area contributed by atoms with Crippen LogP contribution in [0.25, 0.3) is 0 Å². The van der Waals surface area contributed by atoms with E-state index in [1.807, 2.05) is 48.1 Å². The van der Waals surface area contributed by atoms with Gasteiger partial charge in [0.2, 0.25) is 0 Å². The number of pyridine rings is 1. The Bertz CT molecular complexity index is 1670. The van der Waals surface area contributed by atoms with Gasteiger partial charge in [0.05, 0.1) is 18.8 Å². The van der Waals surface area contributed by atoms with Crippen LogP contribution in [0.15, 0.2) is 91.3 Å². The standard InChI is InChI=1S/C41H49N2O7/c1-5-7-8-9-10-11-27-48-35-17-13-32(14-18-35)38(44)30-31-12-21-39(37(29-31)41(46)47-6-2)50-40(45)33-15-19-36(20-16-33)49-28-26-43-24-22-34(23-25-43)42(3)4/h12-25,29H,5-11,26-28,30H2,1-4H3/q+1. The van der Waals surface area contributed by atoms with Crippen LogP contribution < -0.4 is 23.7 Å². The van der Waals surface area contributed by atoms with Gasteiger partial charge in [0.1, 0.15) is 29.4 Å². The van der Waals surface area contributed by atoms with E-state index in [1.165, 1.54) is 31.7 Å². The Hall–Kier alpha value is -5.18. The van der Waals surface area contributed by atoms with Gasteiger partial charge in [-0.2, -0.15) is 0 Å². The molecule has 0 aliphatic carbocycles. The molecule has 9 heteroatoms. The van der Waals surface area contributed by atoms with Gasteiger partial charge in [-0.15, -0.1) is 0 Å². The van der Waals surface area contributed by atoms with Crippen LogP contribution in [0, 0.1) is 0 Å². The topological polar surface area (TPSA) is 95.2 Å². The van der Waals surface area contributed by atoms with Crippen molar-refractivity contribution in [2.45, 2.75) is 65.3 Å². The summed E-state index contributed by atoms with van der Waals surface area (Å²) in [6.07, 6.45) is 11.2. The zero-order valence-electron chi connectivity index (χ0n) is 29.7. The maximum atomic E-state index is 13.1. The number of aromatic nitrogens is 1. The summed E-state index contributed by atoms with van der Waals surface area (Å²) in [7, 11) is 3.99. The Morgan fingerprint density at radius 2 is 1.30 bits per heavy atom. The van der Waals surface area contributed by atoms with E-state index in [0.29, 0.717) is 42.2 Å². The van der Waals surface area contributed by atoms with Crippen molar-refractivity contribution >= 4 is 23.4 Å². The highest BCUT2D eigenvalue weighted by atomic mass is 16.5. The van der Waals surface area contributed by atoms with Crippen molar-refractivity contribution in [3.8, 4) is 17.2 Å². The minimum Gasteiger partial charge on any atom is -0.494 e. The lowest BCUT2D eigenvalue weighted by Gasteiger charge is -2.12. The van der Waals surface area contributed by atoms with Crippen LogP contribution in [0.3, 0.4) is 0 Å². The first kappa shape index (κ1) is 37.6. The van der Waals surface area contributed by atoms with Crippen LogP contribution in [0.1, 0.15) is 89.0 Å². The number of carbonyl (C=O) groups excluding carboxylic acids is 3. The van der Waals surface area contributed by atoms with Gasteiger partial charge < -0.3 is 23.8 Å². The first-order chi connectivity index (χ1) is 24.3. The van der Waals surface area contributed by atoms with Gasteiger partial charge in [0.15, 0.2) is 24.7 Å². The SMILES string of the molecule is CCCCCCCCOc1ccc(C(=O)Cc2ccc(OC(=O)c3ccc(OCC[n+]4ccc(N(C)C)cc4)cc3)c(C(=O)OCC)c2)cc1. The van der Waals surface area contributed by atoms with E-state index < -0.39 is 11.9 Å². The molecule has 9 nitrogen and oxygen atoms in total. The second-order valence-corrected chi connectivity index (χ2v) is 12.2. The first-order valence-corrected chi connectivity index (χ1v) is 17.4. The monoisotopic (exact) mass is 681 g/mol. The summed E-state index contributed by atoms with van der Waals surface area (Å²) in [5.41, 5.74) is 2.61. The second kappa shape index (κ2) is 19.7. The molecule has 0 saturated heterocycles. The molecule has 0 radical (unpaired) electrons. The van der Waals surface area contributed by atoms with Crippen LogP contribution in [-0.4, -0.2) is 51.6 Å². The summed E-state index contributed by atoms with van der Waals surface area (Å²) >= 11 is 0. The van der Waals surface area contributed by atoms with E-state index in [-0.39, 0.29) is 30.1 Å². The number of ether oxygens (including phenoxy) is 4. The molecule has 0 unspecified atom stereocenters. The Labute approximate surface area is 295 Å². The van der Waals surface area contributed by atoms with E-state index in [9.17, 15) is 14.4 Å². The number of rotatable bonds is 20. The smallest absolute Gasteiger partial charge is 0.343 e. The maximum absolute atomic E-state index is 13.1. The molecule has 0 amide bonds. The summed E-state index contributed by atoms with van der Waals surface area (Å²) < 4.78 is 24.6.